The van der Waals surface area contributed by atoms with Gasteiger partial charge in [-0.1, -0.05) is 35.7 Å². The molecule has 32 heavy (non-hydrogen) atoms. The normalized spacial score (nSPS) is 24.6. The molecule has 2 fully saturated rings. The van der Waals surface area contributed by atoms with Gasteiger partial charge in [0.15, 0.2) is 5.76 Å². The Morgan fingerprint density at radius 1 is 1.25 bits per heavy atom. The molecule has 1 aromatic rings. The highest BCUT2D eigenvalue weighted by Gasteiger charge is 2.42. The van der Waals surface area contributed by atoms with Crippen LogP contribution in [0.2, 0.25) is 5.02 Å². The lowest BCUT2D eigenvalue weighted by Crippen LogP contribution is -2.57. The van der Waals surface area contributed by atoms with Crippen LogP contribution < -0.4 is 5.32 Å². The number of amides is 2. The van der Waals surface area contributed by atoms with Crippen LogP contribution in [-0.4, -0.2) is 41.9 Å². The average Bonchev–Trinajstić information content (AvgIpc) is 2.79. The van der Waals surface area contributed by atoms with Gasteiger partial charge in [-0.25, -0.2) is 4.39 Å². The SMILES string of the molecule is O=C(CN1C(=O)/C(=C/c2c(F)cccc2Cl)OC2CCCCC21)NCCC1=CCCCC1. The molecule has 1 saturated carbocycles. The molecule has 0 aromatic heterocycles. The fraction of sp³-hybridized carbons (Fsp3) is 0.520. The van der Waals surface area contributed by atoms with Crippen LogP contribution in [0.5, 0.6) is 0 Å². The van der Waals surface area contributed by atoms with Gasteiger partial charge in [-0.3, -0.25) is 9.59 Å². The standard InChI is InChI=1S/C25H30ClFN2O3/c26-19-9-6-10-20(27)18(19)15-23-25(31)29(21-11-4-5-12-22(21)32-23)16-24(30)28-14-13-17-7-2-1-3-8-17/h6-7,9-10,15,21-22H,1-5,8,11-14,16H2,(H,28,30)/b23-15-. The third-order valence-corrected chi connectivity index (χ3v) is 6.89. The van der Waals surface area contributed by atoms with Crippen LogP contribution >= 0.6 is 11.6 Å². The monoisotopic (exact) mass is 460 g/mol. The molecule has 7 heteroatoms. The van der Waals surface area contributed by atoms with Gasteiger partial charge in [0.25, 0.3) is 5.91 Å². The van der Waals surface area contributed by atoms with E-state index in [1.165, 1.54) is 36.6 Å². The van der Waals surface area contributed by atoms with E-state index < -0.39 is 11.7 Å². The van der Waals surface area contributed by atoms with Gasteiger partial charge in [0.2, 0.25) is 5.91 Å². The molecular formula is C25H30ClFN2O3. The fourth-order valence-electron chi connectivity index (χ4n) is 4.85. The predicted octanol–water partition coefficient (Wildman–Crippen LogP) is 5.00. The third kappa shape index (κ3) is 5.34. The second-order valence-electron chi connectivity index (χ2n) is 8.79. The first kappa shape index (κ1) is 22.8. The highest BCUT2D eigenvalue weighted by molar-refractivity contribution is 6.32. The van der Waals surface area contributed by atoms with Crippen LogP contribution in [0, 0.1) is 5.82 Å². The number of nitrogens with zero attached hydrogens (tertiary/aromatic N) is 1. The van der Waals surface area contributed by atoms with E-state index in [0.29, 0.717) is 6.54 Å². The van der Waals surface area contributed by atoms with E-state index in [-0.39, 0.29) is 40.9 Å². The summed E-state index contributed by atoms with van der Waals surface area (Å²) in [6, 6.07) is 4.24. The van der Waals surface area contributed by atoms with E-state index >= 15 is 0 Å². The first-order chi connectivity index (χ1) is 15.5. The zero-order chi connectivity index (χ0) is 22.5. The quantitative estimate of drug-likeness (QED) is 0.480. The van der Waals surface area contributed by atoms with E-state index in [2.05, 4.69) is 11.4 Å². The summed E-state index contributed by atoms with van der Waals surface area (Å²) in [6.45, 7) is 0.551. The lowest BCUT2D eigenvalue weighted by molar-refractivity contribution is -0.151. The molecule has 0 bridgehead atoms. The summed E-state index contributed by atoms with van der Waals surface area (Å²) < 4.78 is 20.3. The number of nitrogens with one attached hydrogen (secondary N) is 1. The lowest BCUT2D eigenvalue weighted by Gasteiger charge is -2.44. The maximum absolute atomic E-state index is 14.3. The van der Waals surface area contributed by atoms with Crippen molar-refractivity contribution in [1.82, 2.24) is 10.2 Å². The van der Waals surface area contributed by atoms with Gasteiger partial charge in [-0.2, -0.15) is 0 Å². The number of halogens is 2. The van der Waals surface area contributed by atoms with E-state index in [1.54, 1.807) is 11.0 Å². The van der Waals surface area contributed by atoms with Gasteiger partial charge < -0.3 is 15.0 Å². The molecule has 1 heterocycles. The van der Waals surface area contributed by atoms with Gasteiger partial charge in [0, 0.05) is 12.1 Å². The summed E-state index contributed by atoms with van der Waals surface area (Å²) in [4.78, 5) is 27.5. The maximum Gasteiger partial charge on any atom is 0.289 e. The van der Waals surface area contributed by atoms with Crippen molar-refractivity contribution in [2.24, 2.45) is 0 Å². The topological polar surface area (TPSA) is 58.6 Å². The first-order valence-electron chi connectivity index (χ1n) is 11.6. The van der Waals surface area contributed by atoms with Crippen molar-refractivity contribution in [3.63, 3.8) is 0 Å². The molecule has 2 atom stereocenters. The van der Waals surface area contributed by atoms with E-state index in [0.717, 1.165) is 44.9 Å². The van der Waals surface area contributed by atoms with Crippen LogP contribution in [0.1, 0.15) is 63.4 Å². The minimum Gasteiger partial charge on any atom is -0.482 e. The van der Waals surface area contributed by atoms with E-state index in [9.17, 15) is 14.0 Å². The molecule has 1 saturated heterocycles. The summed E-state index contributed by atoms with van der Waals surface area (Å²) in [5.41, 5.74) is 1.52. The number of allylic oxidation sites excluding steroid dienone is 1. The van der Waals surface area contributed by atoms with E-state index in [1.807, 2.05) is 0 Å². The lowest BCUT2D eigenvalue weighted by atomic mass is 9.89. The minimum absolute atomic E-state index is 0.0231. The van der Waals surface area contributed by atoms with Gasteiger partial charge in [0.1, 0.15) is 18.5 Å². The van der Waals surface area contributed by atoms with Crippen molar-refractivity contribution in [3.8, 4) is 0 Å². The Balaban J connectivity index is 1.46. The van der Waals surface area contributed by atoms with Crippen LogP contribution in [-0.2, 0) is 14.3 Å². The van der Waals surface area contributed by atoms with Crippen molar-refractivity contribution in [1.29, 1.82) is 0 Å². The Hall–Kier alpha value is -2.34. The van der Waals surface area contributed by atoms with Gasteiger partial charge in [-0.05, 0) is 69.6 Å². The number of fused-ring (bicyclic) bond motifs is 1. The number of ether oxygens (including phenoxy) is 1. The summed E-state index contributed by atoms with van der Waals surface area (Å²) >= 11 is 6.14. The summed E-state index contributed by atoms with van der Waals surface area (Å²) in [6.07, 6.45) is 12.6. The molecule has 3 aliphatic rings. The highest BCUT2D eigenvalue weighted by Crippen LogP contribution is 2.34. The molecule has 1 aliphatic heterocycles. The number of morpholine rings is 1. The van der Waals surface area contributed by atoms with Gasteiger partial charge in [-0.15, -0.1) is 0 Å². The molecule has 5 nitrogen and oxygen atoms in total. The molecule has 2 unspecified atom stereocenters. The Kier molecular flexibility index (Phi) is 7.51. The molecule has 1 aromatic carbocycles. The zero-order valence-corrected chi connectivity index (χ0v) is 19.0. The average molecular weight is 461 g/mol. The number of hydrogen-bond donors (Lipinski definition) is 1. The number of benzene rings is 1. The Labute approximate surface area is 193 Å². The zero-order valence-electron chi connectivity index (χ0n) is 18.2. The Morgan fingerprint density at radius 2 is 2.09 bits per heavy atom. The summed E-state index contributed by atoms with van der Waals surface area (Å²) in [5.74, 6) is -1.05. The number of carbonyl (C=O) groups excluding carboxylic acids is 2. The Morgan fingerprint density at radius 3 is 2.88 bits per heavy atom. The minimum atomic E-state index is -0.520. The predicted molar refractivity (Wildman–Crippen MR) is 122 cm³/mol. The van der Waals surface area contributed by atoms with Crippen molar-refractivity contribution in [2.45, 2.75) is 69.9 Å². The largest absolute Gasteiger partial charge is 0.482 e. The summed E-state index contributed by atoms with van der Waals surface area (Å²) in [7, 11) is 0. The van der Waals surface area contributed by atoms with Crippen LogP contribution in [0.15, 0.2) is 35.6 Å². The van der Waals surface area contributed by atoms with Crippen molar-refractivity contribution in [2.75, 3.05) is 13.1 Å². The van der Waals surface area contributed by atoms with Crippen molar-refractivity contribution in [3.05, 3.63) is 52.0 Å². The highest BCUT2D eigenvalue weighted by atomic mass is 35.5. The maximum atomic E-state index is 14.3. The van der Waals surface area contributed by atoms with Crippen molar-refractivity contribution < 1.29 is 18.7 Å². The second kappa shape index (κ2) is 10.5. The molecule has 172 valence electrons. The summed E-state index contributed by atoms with van der Waals surface area (Å²) in [5, 5.41) is 3.17. The molecular weight excluding hydrogens is 431 g/mol. The molecule has 0 spiro atoms. The van der Waals surface area contributed by atoms with Gasteiger partial charge >= 0.3 is 0 Å². The van der Waals surface area contributed by atoms with E-state index in [4.69, 9.17) is 16.3 Å². The number of rotatable bonds is 6. The third-order valence-electron chi connectivity index (χ3n) is 6.56. The molecule has 1 N–H and O–H groups in total. The fourth-order valence-corrected chi connectivity index (χ4v) is 5.06. The number of hydrogen-bond acceptors (Lipinski definition) is 3. The number of carbonyl (C=O) groups is 2. The second-order valence-corrected chi connectivity index (χ2v) is 9.20. The van der Waals surface area contributed by atoms with Crippen LogP contribution in [0.3, 0.4) is 0 Å². The molecule has 2 aliphatic carbocycles. The van der Waals surface area contributed by atoms with Crippen LogP contribution in [0.25, 0.3) is 6.08 Å². The smallest absolute Gasteiger partial charge is 0.289 e. The molecule has 2 amide bonds. The molecule has 0 radical (unpaired) electrons. The van der Waals surface area contributed by atoms with Crippen molar-refractivity contribution >= 4 is 29.5 Å². The molecule has 4 rings (SSSR count). The Bertz CT molecular complexity index is 910. The van der Waals surface area contributed by atoms with Gasteiger partial charge in [0.05, 0.1) is 11.1 Å². The van der Waals surface area contributed by atoms with Crippen LogP contribution in [0.4, 0.5) is 4.39 Å². The first-order valence-corrected chi connectivity index (χ1v) is 12.0.